The summed E-state index contributed by atoms with van der Waals surface area (Å²) in [5.74, 6) is -3.17. The second-order valence-electron chi connectivity index (χ2n) is 6.86. The van der Waals surface area contributed by atoms with Crippen molar-refractivity contribution in [3.63, 3.8) is 0 Å². The van der Waals surface area contributed by atoms with Gasteiger partial charge in [-0.2, -0.15) is 0 Å². The van der Waals surface area contributed by atoms with Gasteiger partial charge in [0.1, 0.15) is 0 Å². The van der Waals surface area contributed by atoms with Crippen molar-refractivity contribution in [1.82, 2.24) is 5.32 Å². The molecule has 6 nitrogen and oxygen atoms in total. The zero-order valence-electron chi connectivity index (χ0n) is 14.5. The summed E-state index contributed by atoms with van der Waals surface area (Å²) < 4.78 is 0. The van der Waals surface area contributed by atoms with E-state index in [2.05, 4.69) is 5.32 Å². The van der Waals surface area contributed by atoms with E-state index in [-0.39, 0.29) is 6.42 Å². The Balaban J connectivity index is 2.87. The molecule has 1 saturated heterocycles. The maximum absolute atomic E-state index is 12.4. The van der Waals surface area contributed by atoms with Gasteiger partial charge in [-0.1, -0.05) is 36.7 Å². The molecule has 1 aliphatic rings. The Bertz CT molecular complexity index is 681. The summed E-state index contributed by atoms with van der Waals surface area (Å²) in [6.45, 7) is 4.52. The summed E-state index contributed by atoms with van der Waals surface area (Å²) in [5.41, 5.74) is -2.46. The fourth-order valence-electron chi connectivity index (χ4n) is 4.32. The topological polar surface area (TPSA) is 107 Å². The van der Waals surface area contributed by atoms with Gasteiger partial charge in [0.2, 0.25) is 0 Å². The third-order valence-electron chi connectivity index (χ3n) is 5.93. The molecule has 1 aromatic rings. The van der Waals surface area contributed by atoms with Crippen molar-refractivity contribution in [2.75, 3.05) is 6.61 Å². The lowest BCUT2D eigenvalue weighted by molar-refractivity contribution is -0.173. The van der Waals surface area contributed by atoms with E-state index in [1.54, 1.807) is 45.0 Å². The highest BCUT2D eigenvalue weighted by molar-refractivity contribution is 6.31. The third kappa shape index (κ3) is 2.72. The number of hydrogen-bond donors (Lipinski definition) is 4. The summed E-state index contributed by atoms with van der Waals surface area (Å²) in [4.78, 5) is 24.7. The van der Waals surface area contributed by atoms with E-state index in [0.29, 0.717) is 10.6 Å². The SMILES string of the molecule is CCC1(C(=O)O)C(CO)NC(C)C(C)(C(=O)O)C1c1ccccc1Cl. The maximum Gasteiger partial charge on any atom is 0.311 e. The van der Waals surface area contributed by atoms with Crippen LogP contribution in [0.4, 0.5) is 0 Å². The number of benzene rings is 1. The van der Waals surface area contributed by atoms with Gasteiger partial charge in [0.15, 0.2) is 0 Å². The number of carbonyl (C=O) groups is 2. The largest absolute Gasteiger partial charge is 0.481 e. The molecule has 0 radical (unpaired) electrons. The zero-order chi connectivity index (χ0) is 19.0. The van der Waals surface area contributed by atoms with Gasteiger partial charge in [0.25, 0.3) is 0 Å². The van der Waals surface area contributed by atoms with Crippen molar-refractivity contribution in [3.8, 4) is 0 Å². The van der Waals surface area contributed by atoms with Gasteiger partial charge in [0, 0.05) is 23.0 Å². The third-order valence-corrected chi connectivity index (χ3v) is 6.27. The maximum atomic E-state index is 12.4. The Morgan fingerprint density at radius 3 is 2.28 bits per heavy atom. The van der Waals surface area contributed by atoms with Gasteiger partial charge in [-0.05, 0) is 31.9 Å². The molecule has 0 saturated carbocycles. The van der Waals surface area contributed by atoms with Crippen LogP contribution in [0.2, 0.25) is 5.02 Å². The minimum Gasteiger partial charge on any atom is -0.481 e. The summed E-state index contributed by atoms with van der Waals surface area (Å²) in [6, 6.07) is 5.37. The summed E-state index contributed by atoms with van der Waals surface area (Å²) in [7, 11) is 0. The molecule has 0 bridgehead atoms. The number of rotatable bonds is 5. The normalized spacial score (nSPS) is 35.3. The molecular weight excluding hydrogens is 346 g/mol. The molecule has 138 valence electrons. The summed E-state index contributed by atoms with van der Waals surface area (Å²) in [6.07, 6.45) is 0.145. The number of hydrogen-bond acceptors (Lipinski definition) is 4. The van der Waals surface area contributed by atoms with E-state index in [9.17, 15) is 24.9 Å². The molecule has 0 amide bonds. The van der Waals surface area contributed by atoms with E-state index in [0.717, 1.165) is 0 Å². The highest BCUT2D eigenvalue weighted by Crippen LogP contribution is 2.57. The lowest BCUT2D eigenvalue weighted by atomic mass is 9.51. The Morgan fingerprint density at radius 2 is 1.84 bits per heavy atom. The lowest BCUT2D eigenvalue weighted by Crippen LogP contribution is -2.70. The highest BCUT2D eigenvalue weighted by Gasteiger charge is 2.65. The number of aliphatic hydroxyl groups is 1. The predicted molar refractivity (Wildman–Crippen MR) is 93.8 cm³/mol. The van der Waals surface area contributed by atoms with Crippen molar-refractivity contribution in [2.45, 2.75) is 45.2 Å². The fraction of sp³-hybridized carbons (Fsp3) is 0.556. The average Bonchev–Trinajstić information content (AvgIpc) is 2.57. The molecule has 1 aliphatic heterocycles. The van der Waals surface area contributed by atoms with Gasteiger partial charge < -0.3 is 20.6 Å². The van der Waals surface area contributed by atoms with Crippen molar-refractivity contribution in [2.24, 2.45) is 10.8 Å². The molecule has 0 aliphatic carbocycles. The predicted octanol–water partition coefficient (Wildman–Crippen LogP) is 2.35. The van der Waals surface area contributed by atoms with E-state index in [1.165, 1.54) is 0 Å². The number of halogens is 1. The summed E-state index contributed by atoms with van der Waals surface area (Å²) in [5, 5.41) is 33.4. The molecule has 1 heterocycles. The molecule has 0 spiro atoms. The van der Waals surface area contributed by atoms with Crippen LogP contribution in [-0.2, 0) is 9.59 Å². The number of aliphatic hydroxyl groups excluding tert-OH is 1. The van der Waals surface area contributed by atoms with Crippen molar-refractivity contribution < 1.29 is 24.9 Å². The Kier molecular flexibility index (Phi) is 5.47. The van der Waals surface area contributed by atoms with Crippen LogP contribution in [0.25, 0.3) is 0 Å². The van der Waals surface area contributed by atoms with E-state index in [1.807, 2.05) is 0 Å². The molecule has 5 unspecified atom stereocenters. The molecule has 1 aromatic carbocycles. The standard InChI is InChI=1S/C18H24ClNO5/c1-4-18(16(24)25)13(9-21)20-10(2)17(3,15(22)23)14(18)11-7-5-6-8-12(11)19/h5-8,10,13-14,20-21H,4,9H2,1-3H3,(H,22,23)(H,24,25). The van der Waals surface area contributed by atoms with Gasteiger partial charge in [-0.25, -0.2) is 0 Å². The first-order chi connectivity index (χ1) is 11.7. The van der Waals surface area contributed by atoms with Gasteiger partial charge in [-0.15, -0.1) is 0 Å². The highest BCUT2D eigenvalue weighted by atomic mass is 35.5. The molecule has 2 rings (SSSR count). The van der Waals surface area contributed by atoms with E-state index in [4.69, 9.17) is 11.6 Å². The monoisotopic (exact) mass is 369 g/mol. The number of carboxylic acids is 2. The summed E-state index contributed by atoms with van der Waals surface area (Å²) >= 11 is 6.35. The molecule has 5 atom stereocenters. The Hall–Kier alpha value is -1.63. The van der Waals surface area contributed by atoms with E-state index < -0.39 is 47.4 Å². The number of carboxylic acid groups (broad SMARTS) is 2. The van der Waals surface area contributed by atoms with Crippen molar-refractivity contribution in [1.29, 1.82) is 0 Å². The molecule has 0 aromatic heterocycles. The second-order valence-corrected chi connectivity index (χ2v) is 7.27. The minimum absolute atomic E-state index is 0.145. The quantitative estimate of drug-likeness (QED) is 0.634. The Labute approximate surface area is 151 Å². The van der Waals surface area contributed by atoms with E-state index >= 15 is 0 Å². The van der Waals surface area contributed by atoms with Crippen LogP contribution in [0, 0.1) is 10.8 Å². The van der Waals surface area contributed by atoms with Gasteiger partial charge in [0.05, 0.1) is 17.4 Å². The number of piperidine rings is 1. The number of aliphatic carboxylic acids is 2. The minimum atomic E-state index is -1.51. The van der Waals surface area contributed by atoms with Crippen LogP contribution in [0.1, 0.15) is 38.7 Å². The van der Waals surface area contributed by atoms with Crippen LogP contribution in [0.5, 0.6) is 0 Å². The van der Waals surface area contributed by atoms with Crippen molar-refractivity contribution >= 4 is 23.5 Å². The first kappa shape index (κ1) is 19.7. The Morgan fingerprint density at radius 1 is 1.24 bits per heavy atom. The first-order valence-electron chi connectivity index (χ1n) is 8.26. The molecule has 7 heteroatoms. The second kappa shape index (κ2) is 6.94. The van der Waals surface area contributed by atoms with Crippen molar-refractivity contribution in [3.05, 3.63) is 34.9 Å². The molecule has 1 fully saturated rings. The lowest BCUT2D eigenvalue weighted by Gasteiger charge is -2.56. The average molecular weight is 370 g/mol. The van der Waals surface area contributed by atoms with Crippen LogP contribution in [-0.4, -0.2) is 45.9 Å². The first-order valence-corrected chi connectivity index (χ1v) is 8.63. The fourth-order valence-corrected chi connectivity index (χ4v) is 4.56. The van der Waals surface area contributed by atoms with Crippen LogP contribution >= 0.6 is 11.6 Å². The molecule has 25 heavy (non-hydrogen) atoms. The zero-order valence-corrected chi connectivity index (χ0v) is 15.2. The van der Waals surface area contributed by atoms with Crippen LogP contribution in [0.15, 0.2) is 24.3 Å². The van der Waals surface area contributed by atoms with Crippen LogP contribution < -0.4 is 5.32 Å². The van der Waals surface area contributed by atoms with Gasteiger partial charge >= 0.3 is 11.9 Å². The molecule has 4 N–H and O–H groups in total. The molecular formula is C18H24ClNO5. The van der Waals surface area contributed by atoms with Gasteiger partial charge in [-0.3, -0.25) is 9.59 Å². The van der Waals surface area contributed by atoms with Crippen LogP contribution in [0.3, 0.4) is 0 Å². The smallest absolute Gasteiger partial charge is 0.311 e. The number of nitrogens with one attached hydrogen (secondary N) is 1.